The summed E-state index contributed by atoms with van der Waals surface area (Å²) in [5, 5.41) is 0. The summed E-state index contributed by atoms with van der Waals surface area (Å²) in [5.41, 5.74) is 4.32. The fraction of sp³-hybridized carbons (Fsp3) is 0.538. The number of carbonyl (C=O) groups excluding carboxylic acids is 1. The van der Waals surface area contributed by atoms with Crippen LogP contribution in [0.3, 0.4) is 0 Å². The Balaban J connectivity index is 1.36. The third-order valence-corrected chi connectivity index (χ3v) is 7.96. The summed E-state index contributed by atoms with van der Waals surface area (Å²) in [7, 11) is 4.05. The van der Waals surface area contributed by atoms with Gasteiger partial charge in [-0.15, -0.1) is 0 Å². The number of amides is 1. The zero-order valence-electron chi connectivity index (χ0n) is 19.5. The van der Waals surface area contributed by atoms with Crippen molar-refractivity contribution in [2.45, 2.75) is 44.7 Å². The van der Waals surface area contributed by atoms with Crippen LogP contribution in [0.4, 0.5) is 5.69 Å². The molecule has 5 rings (SSSR count). The topological polar surface area (TPSA) is 50.0 Å². The van der Waals surface area contributed by atoms with Crippen LogP contribution in [0, 0.1) is 5.92 Å². The third kappa shape index (κ3) is 3.85. The first-order chi connectivity index (χ1) is 15.4. The van der Waals surface area contributed by atoms with Gasteiger partial charge in [-0.25, -0.2) is 0 Å². The Bertz CT molecular complexity index is 1050. The van der Waals surface area contributed by atoms with E-state index in [1.54, 1.807) is 11.8 Å². The van der Waals surface area contributed by atoms with Crippen LogP contribution < -0.4 is 15.4 Å². The van der Waals surface area contributed by atoms with Gasteiger partial charge in [0.05, 0.1) is 19.1 Å². The molecule has 6 heteroatoms. The molecule has 2 fully saturated rings. The number of aromatic nitrogens is 1. The summed E-state index contributed by atoms with van der Waals surface area (Å²) in [6.45, 7) is 6.56. The average Bonchev–Trinajstić information content (AvgIpc) is 2.80. The number of anilines is 1. The summed E-state index contributed by atoms with van der Waals surface area (Å²) in [5.74, 6) is 1.22. The predicted molar refractivity (Wildman–Crippen MR) is 127 cm³/mol. The monoisotopic (exact) mass is 435 g/mol. The van der Waals surface area contributed by atoms with Crippen molar-refractivity contribution in [3.8, 4) is 11.1 Å². The number of quaternary nitrogens is 1. The molecule has 2 bridgehead atoms. The summed E-state index contributed by atoms with van der Waals surface area (Å²) in [4.78, 5) is 30.9. The maximum absolute atomic E-state index is 13.5. The van der Waals surface area contributed by atoms with Crippen molar-refractivity contribution in [3.05, 3.63) is 52.4 Å². The predicted octanol–water partition coefficient (Wildman–Crippen LogP) is 1.59. The number of likely N-dealkylation sites (tertiary alicyclic amines) is 2. The molecule has 170 valence electrons. The maximum atomic E-state index is 13.5. The Labute approximate surface area is 190 Å². The Morgan fingerprint density at radius 2 is 1.75 bits per heavy atom. The van der Waals surface area contributed by atoms with Crippen LogP contribution in [-0.4, -0.2) is 61.7 Å². The second kappa shape index (κ2) is 8.39. The van der Waals surface area contributed by atoms with Gasteiger partial charge in [-0.2, -0.15) is 0 Å². The zero-order valence-corrected chi connectivity index (χ0v) is 19.5. The average molecular weight is 436 g/mol. The number of pyridine rings is 1. The number of rotatable bonds is 3. The van der Waals surface area contributed by atoms with Crippen LogP contribution in [0.5, 0.6) is 0 Å². The molecule has 0 aliphatic carbocycles. The summed E-state index contributed by atoms with van der Waals surface area (Å²) in [6.07, 6.45) is 3.40. The molecule has 1 aromatic carbocycles. The van der Waals surface area contributed by atoms with Crippen molar-refractivity contribution >= 4 is 11.6 Å². The number of benzene rings is 1. The second-order valence-corrected chi connectivity index (χ2v) is 10.2. The lowest BCUT2D eigenvalue weighted by atomic mass is 9.81. The van der Waals surface area contributed by atoms with Crippen LogP contribution in [-0.2, 0) is 11.3 Å². The normalized spacial score (nSPS) is 25.3. The smallest absolute Gasteiger partial charge is 0.258 e. The summed E-state index contributed by atoms with van der Waals surface area (Å²) >= 11 is 0. The molecule has 2 saturated heterocycles. The van der Waals surface area contributed by atoms with E-state index in [1.807, 2.05) is 25.1 Å². The van der Waals surface area contributed by atoms with E-state index in [0.717, 1.165) is 62.4 Å². The van der Waals surface area contributed by atoms with Crippen molar-refractivity contribution in [2.24, 2.45) is 5.92 Å². The molecular weight excluding hydrogens is 400 g/mol. The van der Waals surface area contributed by atoms with Crippen LogP contribution >= 0.6 is 0 Å². The van der Waals surface area contributed by atoms with Gasteiger partial charge in [0.25, 0.3) is 5.56 Å². The first kappa shape index (κ1) is 21.3. The number of hydrogen-bond donors (Lipinski definition) is 1. The van der Waals surface area contributed by atoms with Crippen molar-refractivity contribution in [1.29, 1.82) is 0 Å². The van der Waals surface area contributed by atoms with Gasteiger partial charge in [0.15, 0.2) is 0 Å². The van der Waals surface area contributed by atoms with Crippen molar-refractivity contribution in [1.82, 2.24) is 9.47 Å². The van der Waals surface area contributed by atoms with Gasteiger partial charge in [-0.1, -0.05) is 12.1 Å². The van der Waals surface area contributed by atoms with Gasteiger partial charge in [-0.3, -0.25) is 9.59 Å². The minimum atomic E-state index is 0.160. The van der Waals surface area contributed by atoms with Crippen LogP contribution in [0.2, 0.25) is 0 Å². The van der Waals surface area contributed by atoms with Gasteiger partial charge in [-0.05, 0) is 36.2 Å². The lowest BCUT2D eigenvalue weighted by Crippen LogP contribution is -3.18. The van der Waals surface area contributed by atoms with Gasteiger partial charge in [0.2, 0.25) is 5.91 Å². The van der Waals surface area contributed by atoms with Crippen molar-refractivity contribution < 1.29 is 9.69 Å². The van der Waals surface area contributed by atoms with Crippen LogP contribution in [0.1, 0.15) is 37.8 Å². The van der Waals surface area contributed by atoms with Gasteiger partial charge in [0, 0.05) is 82.3 Å². The number of fused-ring (bicyclic) bond motifs is 4. The molecule has 2 aromatic rings. The number of hydrogen-bond acceptors (Lipinski definition) is 3. The van der Waals surface area contributed by atoms with Crippen molar-refractivity contribution in [2.75, 3.05) is 45.2 Å². The Hall–Kier alpha value is -2.60. The molecule has 1 unspecified atom stereocenters. The van der Waals surface area contributed by atoms with E-state index in [-0.39, 0.29) is 11.5 Å². The SMILES string of the molecule is CC(=O)N1CCC([NH+]2C[C@@H]3C[C@H](C2)c2ccc(-c4ccc(N(C)C)cc4)c(=O)n2C3)CC1. The molecule has 6 nitrogen and oxygen atoms in total. The highest BCUT2D eigenvalue weighted by molar-refractivity contribution is 5.73. The molecule has 1 aromatic heterocycles. The molecule has 0 saturated carbocycles. The second-order valence-electron chi connectivity index (χ2n) is 10.2. The number of piperidine rings is 2. The van der Waals surface area contributed by atoms with E-state index in [4.69, 9.17) is 0 Å². The first-order valence-corrected chi connectivity index (χ1v) is 12.0. The lowest BCUT2D eigenvalue weighted by molar-refractivity contribution is -0.937. The highest BCUT2D eigenvalue weighted by Gasteiger charge is 2.41. The van der Waals surface area contributed by atoms with E-state index in [0.29, 0.717) is 17.9 Å². The van der Waals surface area contributed by atoms with E-state index in [9.17, 15) is 9.59 Å². The quantitative estimate of drug-likeness (QED) is 0.797. The summed E-state index contributed by atoms with van der Waals surface area (Å²) < 4.78 is 2.07. The van der Waals surface area contributed by atoms with E-state index in [1.165, 1.54) is 12.1 Å². The fourth-order valence-electron chi connectivity index (χ4n) is 6.19. The maximum Gasteiger partial charge on any atom is 0.258 e. The molecule has 0 radical (unpaired) electrons. The molecule has 3 aliphatic rings. The lowest BCUT2D eigenvalue weighted by Gasteiger charge is -2.45. The van der Waals surface area contributed by atoms with Gasteiger partial charge in [0.1, 0.15) is 0 Å². The van der Waals surface area contributed by atoms with E-state index >= 15 is 0 Å². The molecule has 3 aliphatic heterocycles. The Kier molecular flexibility index (Phi) is 5.58. The Morgan fingerprint density at radius 3 is 2.41 bits per heavy atom. The third-order valence-electron chi connectivity index (χ3n) is 7.96. The molecule has 4 heterocycles. The molecular formula is C26H35N4O2+. The minimum Gasteiger partial charge on any atom is -0.378 e. The standard InChI is InChI=1S/C26H34N4O2/c1-18(31)28-12-10-23(11-13-28)29-15-19-14-21(17-29)25-9-8-24(26(32)30(25)16-19)20-4-6-22(7-5-20)27(2)3/h4-9,19,21,23H,10-17H2,1-3H3/p+1/t19-,21+/m0/s1. The van der Waals surface area contributed by atoms with Crippen LogP contribution in [0.15, 0.2) is 41.2 Å². The van der Waals surface area contributed by atoms with Gasteiger partial charge >= 0.3 is 0 Å². The fourth-order valence-corrected chi connectivity index (χ4v) is 6.19. The van der Waals surface area contributed by atoms with Crippen LogP contribution in [0.25, 0.3) is 11.1 Å². The molecule has 1 N–H and O–H groups in total. The zero-order chi connectivity index (χ0) is 22.4. The summed E-state index contributed by atoms with van der Waals surface area (Å²) in [6, 6.07) is 13.2. The number of nitrogens with one attached hydrogen (secondary N) is 1. The minimum absolute atomic E-state index is 0.160. The van der Waals surface area contributed by atoms with E-state index < -0.39 is 0 Å². The molecule has 3 atom stereocenters. The first-order valence-electron chi connectivity index (χ1n) is 12.0. The van der Waals surface area contributed by atoms with Crippen molar-refractivity contribution in [3.63, 3.8) is 0 Å². The molecule has 32 heavy (non-hydrogen) atoms. The molecule has 0 spiro atoms. The highest BCUT2D eigenvalue weighted by atomic mass is 16.2. The highest BCUT2D eigenvalue weighted by Crippen LogP contribution is 2.32. The number of carbonyl (C=O) groups is 1. The largest absolute Gasteiger partial charge is 0.378 e. The van der Waals surface area contributed by atoms with E-state index in [2.05, 4.69) is 39.8 Å². The molecule has 1 amide bonds. The Morgan fingerprint density at radius 1 is 1.03 bits per heavy atom. The number of nitrogens with zero attached hydrogens (tertiary/aromatic N) is 3. The van der Waals surface area contributed by atoms with Gasteiger partial charge < -0.3 is 19.3 Å².